The highest BCUT2D eigenvalue weighted by Gasteiger charge is 2.43. The molecule has 0 aromatic carbocycles. The van der Waals surface area contributed by atoms with E-state index < -0.39 is 0 Å². The van der Waals surface area contributed by atoms with Crippen LogP contribution < -0.4 is 5.32 Å². The number of anilines is 2. The van der Waals surface area contributed by atoms with Crippen molar-refractivity contribution in [3.8, 4) is 0 Å². The number of aryl methyl sites for hydroxylation is 3. The van der Waals surface area contributed by atoms with Gasteiger partial charge in [0.05, 0.1) is 24.0 Å². The number of aliphatic hydroxyl groups excluding tert-OH is 1. The minimum absolute atomic E-state index is 0.0870. The largest absolute Gasteiger partial charge is 0.390 e. The van der Waals surface area contributed by atoms with Crippen molar-refractivity contribution in [1.29, 1.82) is 0 Å². The summed E-state index contributed by atoms with van der Waals surface area (Å²) in [5.74, 6) is 1.32. The highest BCUT2D eigenvalue weighted by Crippen LogP contribution is 2.40. The Labute approximate surface area is 197 Å². The van der Waals surface area contributed by atoms with E-state index in [1.807, 2.05) is 31.4 Å². The number of imidazole rings is 1. The third kappa shape index (κ3) is 3.19. The Morgan fingerprint density at radius 1 is 1.24 bits per heavy atom. The van der Waals surface area contributed by atoms with Gasteiger partial charge in [-0.3, -0.25) is 9.48 Å². The van der Waals surface area contributed by atoms with Crippen molar-refractivity contribution < 1.29 is 9.90 Å². The van der Waals surface area contributed by atoms with Crippen molar-refractivity contribution in [3.05, 3.63) is 29.3 Å². The molecule has 2 fully saturated rings. The number of fused-ring (bicyclic) bond motifs is 3. The zero-order chi connectivity index (χ0) is 23.6. The minimum atomic E-state index is -0.0870. The lowest BCUT2D eigenvalue weighted by Crippen LogP contribution is -2.36. The van der Waals surface area contributed by atoms with E-state index in [4.69, 9.17) is 4.98 Å². The number of amides is 1. The molecule has 0 spiro atoms. The van der Waals surface area contributed by atoms with Crippen LogP contribution in [0.3, 0.4) is 0 Å². The number of hydrogen-bond acceptors (Lipinski definition) is 6. The first kappa shape index (κ1) is 21.2. The number of nitrogens with zero attached hydrogens (tertiary/aromatic N) is 6. The lowest BCUT2D eigenvalue weighted by atomic mass is 10.1. The van der Waals surface area contributed by atoms with Crippen LogP contribution in [0.2, 0.25) is 0 Å². The number of carbonyl (C=O) groups excluding carboxylic acids is 1. The third-order valence-electron chi connectivity index (χ3n) is 7.02. The quantitative estimate of drug-likeness (QED) is 0.369. The van der Waals surface area contributed by atoms with E-state index in [1.54, 1.807) is 11.0 Å². The van der Waals surface area contributed by atoms with Gasteiger partial charge in [0.1, 0.15) is 22.4 Å². The van der Waals surface area contributed by atoms with Crippen LogP contribution in [0.25, 0.3) is 22.1 Å². The number of aliphatic hydroxyl groups is 1. The summed E-state index contributed by atoms with van der Waals surface area (Å²) in [6.07, 6.45) is 6.06. The molecule has 0 atom stereocenters. The highest BCUT2D eigenvalue weighted by atomic mass is 16.3. The number of nitrogens with one attached hydrogen (secondary N) is 2. The molecule has 0 aliphatic heterocycles. The zero-order valence-corrected chi connectivity index (χ0v) is 19.8. The first-order valence-corrected chi connectivity index (χ1v) is 12.2. The van der Waals surface area contributed by atoms with Gasteiger partial charge in [-0.15, -0.1) is 0 Å². The molecule has 0 bridgehead atoms. The van der Waals surface area contributed by atoms with Crippen molar-refractivity contribution in [2.24, 2.45) is 0 Å². The summed E-state index contributed by atoms with van der Waals surface area (Å²) in [6, 6.07) is 2.58. The second-order valence-corrected chi connectivity index (χ2v) is 9.30. The van der Waals surface area contributed by atoms with E-state index in [1.165, 1.54) is 0 Å². The Morgan fingerprint density at radius 2 is 1.97 bits per heavy atom. The highest BCUT2D eigenvalue weighted by molar-refractivity contribution is 6.12. The lowest BCUT2D eigenvalue weighted by Gasteiger charge is -2.23. The van der Waals surface area contributed by atoms with Gasteiger partial charge in [-0.05, 0) is 52.0 Å². The van der Waals surface area contributed by atoms with Crippen LogP contribution in [0.4, 0.5) is 11.6 Å². The first-order valence-electron chi connectivity index (χ1n) is 12.2. The number of pyridine rings is 1. The Balaban J connectivity index is 1.50. The van der Waals surface area contributed by atoms with Crippen LogP contribution in [0, 0.1) is 6.92 Å². The second kappa shape index (κ2) is 7.83. The molecule has 3 N–H and O–H groups in total. The van der Waals surface area contributed by atoms with Crippen LogP contribution in [0.1, 0.15) is 61.3 Å². The second-order valence-electron chi connectivity index (χ2n) is 9.30. The van der Waals surface area contributed by atoms with Gasteiger partial charge in [-0.2, -0.15) is 5.10 Å². The molecule has 10 heteroatoms. The number of hydrogen-bond donors (Lipinski definition) is 3. The van der Waals surface area contributed by atoms with Crippen molar-refractivity contribution in [1.82, 2.24) is 34.2 Å². The van der Waals surface area contributed by atoms with Crippen LogP contribution in [-0.4, -0.2) is 57.3 Å². The lowest BCUT2D eigenvalue weighted by molar-refractivity contribution is 0.0718. The molecule has 34 heavy (non-hydrogen) atoms. The smallest absolute Gasteiger partial charge is 0.271 e. The van der Waals surface area contributed by atoms with Crippen molar-refractivity contribution in [2.75, 3.05) is 5.32 Å². The summed E-state index contributed by atoms with van der Waals surface area (Å²) in [7, 11) is 0. The van der Waals surface area contributed by atoms with Crippen LogP contribution >= 0.6 is 0 Å². The van der Waals surface area contributed by atoms with Gasteiger partial charge in [-0.1, -0.05) is 0 Å². The fraction of sp³-hybridized carbons (Fsp3) is 0.500. The molecule has 10 nitrogen and oxygen atoms in total. The standard InChI is InChI=1S/C24H30N8O2/c1-4-30-21(24(34)32(14-6-7-14)15-8-9-15)13(3)18-19-20(26-12-25-19)22(28-23(18)30)27-17-10-16(11-33)31(5-2)29-17/h10,12,14-15,33H,4-9,11H2,1-3H3,(H,25,26)(H,27,28,29). The van der Waals surface area contributed by atoms with Gasteiger partial charge in [-0.25, -0.2) is 9.97 Å². The number of H-pyrrole nitrogens is 1. The summed E-state index contributed by atoms with van der Waals surface area (Å²) < 4.78 is 3.79. The van der Waals surface area contributed by atoms with E-state index in [0.717, 1.165) is 64.7 Å². The molecule has 0 saturated heterocycles. The third-order valence-corrected chi connectivity index (χ3v) is 7.02. The summed E-state index contributed by atoms with van der Waals surface area (Å²) in [6.45, 7) is 7.25. The summed E-state index contributed by atoms with van der Waals surface area (Å²) >= 11 is 0. The van der Waals surface area contributed by atoms with Gasteiger partial charge in [0.15, 0.2) is 11.6 Å². The summed E-state index contributed by atoms with van der Waals surface area (Å²) in [4.78, 5) is 28.8. The topological polar surface area (TPSA) is 117 Å². The molecular formula is C24H30N8O2. The number of aromatic amines is 1. The van der Waals surface area contributed by atoms with Crippen molar-refractivity contribution in [2.45, 2.75) is 78.2 Å². The molecule has 178 valence electrons. The molecule has 1 amide bonds. The maximum atomic E-state index is 13.8. The van der Waals surface area contributed by atoms with E-state index in [0.29, 0.717) is 36.8 Å². The predicted molar refractivity (Wildman–Crippen MR) is 129 cm³/mol. The van der Waals surface area contributed by atoms with Crippen molar-refractivity contribution >= 4 is 39.6 Å². The minimum Gasteiger partial charge on any atom is -0.390 e. The maximum absolute atomic E-state index is 13.8. The van der Waals surface area contributed by atoms with Crippen LogP contribution in [-0.2, 0) is 19.7 Å². The monoisotopic (exact) mass is 462 g/mol. The molecular weight excluding hydrogens is 432 g/mol. The predicted octanol–water partition coefficient (Wildman–Crippen LogP) is 3.46. The average Bonchev–Trinajstić information content (AvgIpc) is 3.74. The number of aromatic nitrogens is 6. The number of rotatable bonds is 8. The van der Waals surface area contributed by atoms with Gasteiger partial charge in [0.2, 0.25) is 0 Å². The van der Waals surface area contributed by atoms with E-state index >= 15 is 0 Å². The Morgan fingerprint density at radius 3 is 2.56 bits per heavy atom. The SMILES string of the molecule is CCn1nc(Nc2nc3c(c(C)c(C(=O)N(C4CC4)C4CC4)n3CC)c3nc[nH]c23)cc1CO. The Bertz CT molecular complexity index is 1370. The Hall–Kier alpha value is -3.40. The van der Waals surface area contributed by atoms with Crippen LogP contribution in [0.15, 0.2) is 12.4 Å². The molecule has 4 heterocycles. The first-order chi connectivity index (χ1) is 16.5. The molecule has 4 aromatic heterocycles. The maximum Gasteiger partial charge on any atom is 0.271 e. The van der Waals surface area contributed by atoms with Crippen LogP contribution in [0.5, 0.6) is 0 Å². The molecule has 2 saturated carbocycles. The fourth-order valence-corrected chi connectivity index (χ4v) is 5.13. The average molecular weight is 463 g/mol. The van der Waals surface area contributed by atoms with Crippen molar-refractivity contribution in [3.63, 3.8) is 0 Å². The van der Waals surface area contributed by atoms with Gasteiger partial charge >= 0.3 is 0 Å². The normalized spacial score (nSPS) is 16.0. The molecule has 2 aliphatic carbocycles. The van der Waals surface area contributed by atoms with E-state index in [-0.39, 0.29) is 12.5 Å². The van der Waals surface area contributed by atoms with E-state index in [9.17, 15) is 9.90 Å². The molecule has 2 aliphatic rings. The molecule has 0 radical (unpaired) electrons. The summed E-state index contributed by atoms with van der Waals surface area (Å²) in [5.41, 5.74) is 4.68. The zero-order valence-electron chi connectivity index (χ0n) is 19.8. The molecule has 6 rings (SSSR count). The summed E-state index contributed by atoms with van der Waals surface area (Å²) in [5, 5.41) is 18.4. The van der Waals surface area contributed by atoms with Gasteiger partial charge in [0, 0.05) is 31.2 Å². The number of carbonyl (C=O) groups is 1. The van der Waals surface area contributed by atoms with Gasteiger partial charge < -0.3 is 24.9 Å². The van der Waals surface area contributed by atoms with E-state index in [2.05, 4.69) is 25.3 Å². The molecule has 0 unspecified atom stereocenters. The fourth-order valence-electron chi connectivity index (χ4n) is 5.13. The molecule has 4 aromatic rings. The van der Waals surface area contributed by atoms with Gasteiger partial charge in [0.25, 0.3) is 5.91 Å². The Kier molecular flexibility index (Phi) is 4.87.